The Bertz CT molecular complexity index is 313. The number of ether oxygens (including phenoxy) is 2. The van der Waals surface area contributed by atoms with E-state index in [2.05, 4.69) is 13.0 Å². The molecule has 1 aromatic carbocycles. The van der Waals surface area contributed by atoms with Crippen LogP contribution in [0, 0.1) is 0 Å². The third-order valence-corrected chi connectivity index (χ3v) is 2.32. The van der Waals surface area contributed by atoms with E-state index in [-0.39, 0.29) is 0 Å². The minimum atomic E-state index is 0.641. The van der Waals surface area contributed by atoms with Crippen LogP contribution in [0.3, 0.4) is 0 Å². The molecule has 90 valence electrons. The highest BCUT2D eigenvalue weighted by Gasteiger charge is 2.05. The number of aryl methyl sites for hydroxylation is 1. The van der Waals surface area contributed by atoms with E-state index in [0.29, 0.717) is 19.8 Å². The summed E-state index contributed by atoms with van der Waals surface area (Å²) in [6.45, 7) is 6.04. The second-order valence-corrected chi connectivity index (χ2v) is 3.56. The molecular weight excluding hydrogens is 202 g/mol. The largest absolute Gasteiger partial charge is 0.490 e. The van der Waals surface area contributed by atoms with Gasteiger partial charge in [-0.1, -0.05) is 13.0 Å². The predicted octanol–water partition coefficient (Wildman–Crippen LogP) is 2.38. The lowest BCUT2D eigenvalue weighted by Crippen LogP contribution is -2.07. The summed E-state index contributed by atoms with van der Waals surface area (Å²) in [5, 5.41) is 0. The highest BCUT2D eigenvalue weighted by atomic mass is 16.5. The number of benzene rings is 1. The van der Waals surface area contributed by atoms with Crippen LogP contribution in [0.4, 0.5) is 0 Å². The number of nitrogens with two attached hydrogens (primary N) is 1. The van der Waals surface area contributed by atoms with Crippen molar-refractivity contribution in [3.8, 4) is 11.5 Å². The standard InChI is InChI=1S/C13H21NO2/c1-3-11-6-7-12(16-9-5-8-14)13(10-11)15-4-2/h6-7,10H,3-5,8-9,14H2,1-2H3. The fourth-order valence-corrected chi connectivity index (χ4v) is 1.43. The molecule has 0 atom stereocenters. The van der Waals surface area contributed by atoms with Crippen molar-refractivity contribution in [2.45, 2.75) is 26.7 Å². The second kappa shape index (κ2) is 7.12. The normalized spacial score (nSPS) is 10.2. The monoisotopic (exact) mass is 223 g/mol. The lowest BCUT2D eigenvalue weighted by molar-refractivity contribution is 0.274. The van der Waals surface area contributed by atoms with E-state index < -0.39 is 0 Å². The number of hydrogen-bond donors (Lipinski definition) is 1. The molecule has 1 aromatic rings. The van der Waals surface area contributed by atoms with E-state index in [9.17, 15) is 0 Å². The van der Waals surface area contributed by atoms with Gasteiger partial charge in [0.25, 0.3) is 0 Å². The minimum Gasteiger partial charge on any atom is -0.490 e. The van der Waals surface area contributed by atoms with Gasteiger partial charge in [0.05, 0.1) is 13.2 Å². The first-order valence-corrected chi connectivity index (χ1v) is 5.90. The molecular formula is C13H21NO2. The topological polar surface area (TPSA) is 44.5 Å². The lowest BCUT2D eigenvalue weighted by Gasteiger charge is -2.12. The molecule has 0 fully saturated rings. The SMILES string of the molecule is CCOc1cc(CC)ccc1OCCCN. The molecule has 0 heterocycles. The molecule has 0 radical (unpaired) electrons. The maximum atomic E-state index is 5.62. The van der Waals surface area contributed by atoms with Crippen LogP contribution in [-0.2, 0) is 6.42 Å². The number of rotatable bonds is 7. The molecule has 0 spiro atoms. The Morgan fingerprint density at radius 3 is 2.56 bits per heavy atom. The molecule has 0 aliphatic carbocycles. The summed E-state index contributed by atoms with van der Waals surface area (Å²) >= 11 is 0. The van der Waals surface area contributed by atoms with Gasteiger partial charge in [-0.3, -0.25) is 0 Å². The quantitative estimate of drug-likeness (QED) is 0.722. The van der Waals surface area contributed by atoms with E-state index >= 15 is 0 Å². The molecule has 3 nitrogen and oxygen atoms in total. The Labute approximate surface area is 97.6 Å². The maximum Gasteiger partial charge on any atom is 0.161 e. The van der Waals surface area contributed by atoms with Gasteiger partial charge in [0.15, 0.2) is 11.5 Å². The molecule has 0 saturated carbocycles. The van der Waals surface area contributed by atoms with Gasteiger partial charge in [-0.2, -0.15) is 0 Å². The van der Waals surface area contributed by atoms with Crippen molar-refractivity contribution in [2.75, 3.05) is 19.8 Å². The van der Waals surface area contributed by atoms with E-state index in [4.69, 9.17) is 15.2 Å². The summed E-state index contributed by atoms with van der Waals surface area (Å²) in [7, 11) is 0. The van der Waals surface area contributed by atoms with E-state index in [0.717, 1.165) is 24.3 Å². The fraction of sp³-hybridized carbons (Fsp3) is 0.538. The molecule has 0 amide bonds. The van der Waals surface area contributed by atoms with Crippen LogP contribution >= 0.6 is 0 Å². The van der Waals surface area contributed by atoms with Crippen LogP contribution in [0.25, 0.3) is 0 Å². The first-order chi connectivity index (χ1) is 7.81. The molecule has 16 heavy (non-hydrogen) atoms. The molecule has 2 N–H and O–H groups in total. The summed E-state index contributed by atoms with van der Waals surface area (Å²) in [6, 6.07) is 6.09. The molecule has 0 aliphatic heterocycles. The van der Waals surface area contributed by atoms with Crippen LogP contribution in [0.5, 0.6) is 11.5 Å². The van der Waals surface area contributed by atoms with Crippen molar-refractivity contribution >= 4 is 0 Å². The third-order valence-electron chi connectivity index (χ3n) is 2.32. The van der Waals surface area contributed by atoms with Gasteiger partial charge in [0.2, 0.25) is 0 Å². The predicted molar refractivity (Wildman–Crippen MR) is 66.2 cm³/mol. The van der Waals surface area contributed by atoms with Crippen LogP contribution < -0.4 is 15.2 Å². The minimum absolute atomic E-state index is 0.641. The van der Waals surface area contributed by atoms with Crippen molar-refractivity contribution in [2.24, 2.45) is 5.73 Å². The first-order valence-electron chi connectivity index (χ1n) is 5.90. The summed E-state index contributed by atoms with van der Waals surface area (Å²) in [4.78, 5) is 0. The molecule has 3 heteroatoms. The second-order valence-electron chi connectivity index (χ2n) is 3.56. The van der Waals surface area contributed by atoms with Gasteiger partial charge < -0.3 is 15.2 Å². The molecule has 1 rings (SSSR count). The summed E-state index contributed by atoms with van der Waals surface area (Å²) < 4.78 is 11.2. The van der Waals surface area contributed by atoms with Crippen molar-refractivity contribution in [3.05, 3.63) is 23.8 Å². The Kier molecular flexibility index (Phi) is 5.72. The summed E-state index contributed by atoms with van der Waals surface area (Å²) in [5.41, 5.74) is 6.68. The fourth-order valence-electron chi connectivity index (χ4n) is 1.43. The summed E-state index contributed by atoms with van der Waals surface area (Å²) in [5.74, 6) is 1.64. The van der Waals surface area contributed by atoms with Gasteiger partial charge in [0.1, 0.15) is 0 Å². The first kappa shape index (κ1) is 12.8. The van der Waals surface area contributed by atoms with Crippen molar-refractivity contribution in [3.63, 3.8) is 0 Å². The van der Waals surface area contributed by atoms with E-state index in [1.807, 2.05) is 19.1 Å². The van der Waals surface area contributed by atoms with Crippen LogP contribution in [0.2, 0.25) is 0 Å². The Hall–Kier alpha value is -1.22. The Balaban J connectivity index is 2.72. The van der Waals surface area contributed by atoms with Crippen molar-refractivity contribution in [1.82, 2.24) is 0 Å². The van der Waals surface area contributed by atoms with Gasteiger partial charge in [0, 0.05) is 0 Å². The van der Waals surface area contributed by atoms with Gasteiger partial charge in [-0.15, -0.1) is 0 Å². The highest BCUT2D eigenvalue weighted by molar-refractivity contribution is 5.43. The van der Waals surface area contributed by atoms with Crippen LogP contribution in [0.1, 0.15) is 25.8 Å². The Morgan fingerprint density at radius 1 is 1.12 bits per heavy atom. The molecule has 0 unspecified atom stereocenters. The van der Waals surface area contributed by atoms with Crippen molar-refractivity contribution < 1.29 is 9.47 Å². The van der Waals surface area contributed by atoms with E-state index in [1.54, 1.807) is 0 Å². The third kappa shape index (κ3) is 3.74. The molecule has 0 bridgehead atoms. The van der Waals surface area contributed by atoms with E-state index in [1.165, 1.54) is 5.56 Å². The van der Waals surface area contributed by atoms with Crippen LogP contribution in [-0.4, -0.2) is 19.8 Å². The zero-order valence-corrected chi connectivity index (χ0v) is 10.2. The van der Waals surface area contributed by atoms with Crippen molar-refractivity contribution in [1.29, 1.82) is 0 Å². The van der Waals surface area contributed by atoms with Gasteiger partial charge in [-0.25, -0.2) is 0 Å². The average molecular weight is 223 g/mol. The van der Waals surface area contributed by atoms with Gasteiger partial charge >= 0.3 is 0 Å². The number of hydrogen-bond acceptors (Lipinski definition) is 3. The molecule has 0 aliphatic rings. The molecule has 0 saturated heterocycles. The lowest BCUT2D eigenvalue weighted by atomic mass is 10.1. The zero-order chi connectivity index (χ0) is 11.8. The summed E-state index contributed by atoms with van der Waals surface area (Å²) in [6.07, 6.45) is 1.87. The maximum absolute atomic E-state index is 5.62. The Morgan fingerprint density at radius 2 is 1.94 bits per heavy atom. The highest BCUT2D eigenvalue weighted by Crippen LogP contribution is 2.28. The smallest absolute Gasteiger partial charge is 0.161 e. The average Bonchev–Trinajstić information content (AvgIpc) is 2.31. The molecule has 0 aromatic heterocycles. The van der Waals surface area contributed by atoms with Crippen LogP contribution in [0.15, 0.2) is 18.2 Å². The zero-order valence-electron chi connectivity index (χ0n) is 10.2. The van der Waals surface area contributed by atoms with Gasteiger partial charge in [-0.05, 0) is 44.0 Å².